The quantitative estimate of drug-likeness (QED) is 0.701. The third kappa shape index (κ3) is 5.15. The maximum absolute atomic E-state index is 12.6. The van der Waals surface area contributed by atoms with Gasteiger partial charge in [0.15, 0.2) is 0 Å². The Morgan fingerprint density at radius 1 is 1.18 bits per heavy atom. The summed E-state index contributed by atoms with van der Waals surface area (Å²) >= 11 is 6.46. The molecule has 1 saturated heterocycles. The number of likely N-dealkylation sites (tertiary alicyclic amines) is 1. The highest BCUT2D eigenvalue weighted by atomic mass is 35.5. The van der Waals surface area contributed by atoms with Gasteiger partial charge in [-0.1, -0.05) is 43.6 Å². The number of piperidine rings is 1. The molecular formula is C22H31ClN4O. The van der Waals surface area contributed by atoms with E-state index in [0.29, 0.717) is 23.0 Å². The molecule has 0 bridgehead atoms. The van der Waals surface area contributed by atoms with E-state index in [9.17, 15) is 4.79 Å². The normalized spacial score (nSPS) is 20.3. The van der Waals surface area contributed by atoms with E-state index in [1.165, 1.54) is 19.5 Å². The lowest BCUT2D eigenvalue weighted by Crippen LogP contribution is -2.39. The van der Waals surface area contributed by atoms with E-state index in [1.54, 1.807) is 4.68 Å². The second-order valence-electron chi connectivity index (χ2n) is 8.17. The van der Waals surface area contributed by atoms with Gasteiger partial charge in [-0.3, -0.25) is 4.79 Å². The van der Waals surface area contributed by atoms with Crippen molar-refractivity contribution in [3.8, 4) is 5.69 Å². The number of nitrogens with one attached hydrogen (secondary N) is 1. The number of aromatic nitrogens is 2. The van der Waals surface area contributed by atoms with Gasteiger partial charge in [-0.2, -0.15) is 5.10 Å². The summed E-state index contributed by atoms with van der Waals surface area (Å²) in [5.41, 5.74) is 1.95. The van der Waals surface area contributed by atoms with Crippen LogP contribution < -0.4 is 5.32 Å². The van der Waals surface area contributed by atoms with E-state index in [4.69, 9.17) is 11.6 Å². The van der Waals surface area contributed by atoms with Crippen molar-refractivity contribution in [3.05, 3.63) is 46.7 Å². The third-order valence-corrected chi connectivity index (χ3v) is 5.71. The van der Waals surface area contributed by atoms with Crippen LogP contribution >= 0.6 is 11.6 Å². The van der Waals surface area contributed by atoms with Gasteiger partial charge in [0.1, 0.15) is 5.15 Å². The first-order chi connectivity index (χ1) is 13.5. The van der Waals surface area contributed by atoms with Crippen molar-refractivity contribution in [1.82, 2.24) is 20.0 Å². The maximum atomic E-state index is 12.6. The lowest BCUT2D eigenvalue weighted by atomic mass is 9.92. The van der Waals surface area contributed by atoms with Crippen molar-refractivity contribution in [2.24, 2.45) is 11.8 Å². The summed E-state index contributed by atoms with van der Waals surface area (Å²) in [6, 6.07) is 9.62. The van der Waals surface area contributed by atoms with Crippen molar-refractivity contribution in [2.75, 3.05) is 26.2 Å². The number of aryl methyl sites for hydroxylation is 1. The van der Waals surface area contributed by atoms with E-state index >= 15 is 0 Å². The Morgan fingerprint density at radius 3 is 2.54 bits per heavy atom. The first-order valence-electron chi connectivity index (χ1n) is 10.3. The molecule has 1 fully saturated rings. The molecule has 28 heavy (non-hydrogen) atoms. The summed E-state index contributed by atoms with van der Waals surface area (Å²) in [6.45, 7) is 10.7. The molecule has 1 aromatic carbocycles. The van der Waals surface area contributed by atoms with Gasteiger partial charge in [0.05, 0.1) is 16.9 Å². The molecular weight excluding hydrogens is 372 g/mol. The molecule has 2 atom stereocenters. The molecule has 6 heteroatoms. The van der Waals surface area contributed by atoms with Gasteiger partial charge in [0.25, 0.3) is 5.91 Å². The van der Waals surface area contributed by atoms with E-state index in [2.05, 4.69) is 29.2 Å². The van der Waals surface area contributed by atoms with Crippen molar-refractivity contribution < 1.29 is 4.79 Å². The van der Waals surface area contributed by atoms with Gasteiger partial charge in [-0.15, -0.1) is 0 Å². The Kier molecular flexibility index (Phi) is 7.13. The number of hydrogen-bond donors (Lipinski definition) is 1. The zero-order valence-corrected chi connectivity index (χ0v) is 17.9. The summed E-state index contributed by atoms with van der Waals surface area (Å²) < 4.78 is 1.62. The molecule has 1 aromatic heterocycles. The molecule has 0 spiro atoms. The molecule has 1 aliphatic heterocycles. The highest BCUT2D eigenvalue weighted by molar-refractivity contribution is 6.33. The smallest absolute Gasteiger partial charge is 0.256 e. The fourth-order valence-electron chi connectivity index (χ4n) is 4.22. The van der Waals surface area contributed by atoms with Gasteiger partial charge >= 0.3 is 0 Å². The molecule has 0 radical (unpaired) electrons. The van der Waals surface area contributed by atoms with Gasteiger partial charge in [0.2, 0.25) is 0 Å². The van der Waals surface area contributed by atoms with E-state index < -0.39 is 0 Å². The minimum atomic E-state index is -0.148. The first-order valence-corrected chi connectivity index (χ1v) is 10.6. The highest BCUT2D eigenvalue weighted by Crippen LogP contribution is 2.23. The van der Waals surface area contributed by atoms with Crippen LogP contribution in [0.2, 0.25) is 5.15 Å². The molecule has 3 rings (SSSR count). The molecule has 2 unspecified atom stereocenters. The van der Waals surface area contributed by atoms with Crippen LogP contribution in [0.4, 0.5) is 0 Å². The van der Waals surface area contributed by atoms with Crippen LogP contribution in [0.3, 0.4) is 0 Å². The summed E-state index contributed by atoms with van der Waals surface area (Å²) in [5.74, 6) is 1.43. The largest absolute Gasteiger partial charge is 0.352 e. The Morgan fingerprint density at radius 2 is 1.86 bits per heavy atom. The summed E-state index contributed by atoms with van der Waals surface area (Å²) in [5, 5.41) is 7.80. The number of amides is 1. The van der Waals surface area contributed by atoms with Crippen LogP contribution in [-0.4, -0.2) is 46.8 Å². The lowest BCUT2D eigenvalue weighted by molar-refractivity contribution is 0.0951. The average Bonchev–Trinajstić information content (AvgIpc) is 2.95. The van der Waals surface area contributed by atoms with E-state index in [1.807, 2.05) is 37.3 Å². The van der Waals surface area contributed by atoms with E-state index in [-0.39, 0.29) is 5.91 Å². The predicted octanol–water partition coefficient (Wildman–Crippen LogP) is 4.32. The summed E-state index contributed by atoms with van der Waals surface area (Å²) in [6.07, 6.45) is 3.40. The number of para-hydroxylation sites is 1. The molecule has 0 aliphatic carbocycles. The number of nitrogens with zero attached hydrogens (tertiary/aromatic N) is 3. The molecule has 5 nitrogen and oxygen atoms in total. The first kappa shape index (κ1) is 20.9. The van der Waals surface area contributed by atoms with Crippen LogP contribution in [0.5, 0.6) is 0 Å². The minimum Gasteiger partial charge on any atom is -0.352 e. The Bertz CT molecular complexity index is 779. The summed E-state index contributed by atoms with van der Waals surface area (Å²) in [4.78, 5) is 15.2. The van der Waals surface area contributed by atoms with Gasteiger partial charge in [-0.05, 0) is 56.7 Å². The second-order valence-corrected chi connectivity index (χ2v) is 8.53. The number of unbranched alkanes of at least 4 members (excludes halogenated alkanes) is 1. The number of hydrogen-bond acceptors (Lipinski definition) is 3. The maximum Gasteiger partial charge on any atom is 0.256 e. The van der Waals surface area contributed by atoms with Gasteiger partial charge in [0, 0.05) is 19.6 Å². The number of rotatable bonds is 7. The zero-order valence-electron chi connectivity index (χ0n) is 17.1. The SMILES string of the molecule is Cc1nn(-c2ccccc2)c(Cl)c1C(=O)NCCCCN1CC(C)CC(C)C1. The monoisotopic (exact) mass is 402 g/mol. The fourth-order valence-corrected chi connectivity index (χ4v) is 4.58. The molecule has 152 valence electrons. The number of carbonyl (C=O) groups excluding carboxylic acids is 1. The van der Waals surface area contributed by atoms with Crippen molar-refractivity contribution in [2.45, 2.75) is 40.0 Å². The van der Waals surface area contributed by atoms with Crippen LogP contribution in [-0.2, 0) is 0 Å². The Labute approximate surface area is 173 Å². The predicted molar refractivity (Wildman–Crippen MR) is 114 cm³/mol. The molecule has 2 heterocycles. The molecule has 1 aliphatic rings. The summed E-state index contributed by atoms with van der Waals surface area (Å²) in [7, 11) is 0. The van der Waals surface area contributed by atoms with E-state index in [0.717, 1.165) is 36.9 Å². The standard InChI is InChI=1S/C22H31ClN4O/c1-16-13-17(2)15-26(14-16)12-8-7-11-24-22(28)20-18(3)25-27(21(20)23)19-9-5-4-6-10-19/h4-6,9-10,16-17H,7-8,11-15H2,1-3H3,(H,24,28). The van der Waals surface area contributed by atoms with Gasteiger partial charge < -0.3 is 10.2 Å². The Hall–Kier alpha value is -1.85. The average molecular weight is 403 g/mol. The van der Waals surface area contributed by atoms with Crippen molar-refractivity contribution in [1.29, 1.82) is 0 Å². The minimum absolute atomic E-state index is 0.148. The lowest BCUT2D eigenvalue weighted by Gasteiger charge is -2.34. The van der Waals surface area contributed by atoms with Crippen LogP contribution in [0.15, 0.2) is 30.3 Å². The van der Waals surface area contributed by atoms with Crippen molar-refractivity contribution in [3.63, 3.8) is 0 Å². The fraction of sp³-hybridized carbons (Fsp3) is 0.545. The van der Waals surface area contributed by atoms with Crippen molar-refractivity contribution >= 4 is 17.5 Å². The molecule has 1 N–H and O–H groups in total. The zero-order chi connectivity index (χ0) is 20.1. The second kappa shape index (κ2) is 9.57. The van der Waals surface area contributed by atoms with Gasteiger partial charge in [-0.25, -0.2) is 4.68 Å². The van der Waals surface area contributed by atoms with Crippen LogP contribution in [0.1, 0.15) is 49.2 Å². The number of halogens is 1. The number of benzene rings is 1. The molecule has 2 aromatic rings. The third-order valence-electron chi connectivity index (χ3n) is 5.36. The van der Waals surface area contributed by atoms with Crippen LogP contribution in [0, 0.1) is 18.8 Å². The topological polar surface area (TPSA) is 50.2 Å². The number of carbonyl (C=O) groups is 1. The molecule has 0 saturated carbocycles. The molecule has 1 amide bonds. The highest BCUT2D eigenvalue weighted by Gasteiger charge is 2.22. The Balaban J connectivity index is 1.48. The van der Waals surface area contributed by atoms with Crippen LogP contribution in [0.25, 0.3) is 5.69 Å².